The summed E-state index contributed by atoms with van der Waals surface area (Å²) in [6.45, 7) is 7.24. The number of nitrogens with one attached hydrogen (secondary N) is 1. The molecule has 4 heteroatoms. The number of Topliss-reactive ketones (excluding diaryl/α,β-unsaturated/α-hetero) is 1. The van der Waals surface area contributed by atoms with Crippen LogP contribution in [0.5, 0.6) is 0 Å². The van der Waals surface area contributed by atoms with Gasteiger partial charge < -0.3 is 10.2 Å². The first-order valence-corrected chi connectivity index (χ1v) is 7.65. The van der Waals surface area contributed by atoms with Gasteiger partial charge in [-0.25, -0.2) is 0 Å². The number of nitrogens with zero attached hydrogens (tertiary/aromatic N) is 1. The fourth-order valence-electron chi connectivity index (χ4n) is 2.47. The highest BCUT2D eigenvalue weighted by atomic mass is 16.2. The number of anilines is 1. The second-order valence-electron chi connectivity index (χ2n) is 6.07. The molecule has 0 fully saturated rings. The minimum Gasteiger partial charge on any atom is -0.362 e. The number of amides is 1. The Kier molecular flexibility index (Phi) is 4.99. The summed E-state index contributed by atoms with van der Waals surface area (Å²) < 4.78 is 0. The molecule has 1 amide bonds. The van der Waals surface area contributed by atoms with Crippen molar-refractivity contribution >= 4 is 17.4 Å². The largest absolute Gasteiger partial charge is 0.362 e. The molecule has 1 aromatic rings. The number of benzene rings is 1. The highest BCUT2D eigenvalue weighted by Crippen LogP contribution is 2.25. The van der Waals surface area contributed by atoms with Crippen LogP contribution in [-0.4, -0.2) is 30.8 Å². The molecule has 1 aromatic carbocycles. The van der Waals surface area contributed by atoms with E-state index in [1.165, 1.54) is 0 Å². The molecule has 1 atom stereocenters. The van der Waals surface area contributed by atoms with Gasteiger partial charge >= 0.3 is 0 Å². The molecule has 1 unspecified atom stereocenters. The average molecular weight is 288 g/mol. The summed E-state index contributed by atoms with van der Waals surface area (Å²) in [7, 11) is 0. The highest BCUT2D eigenvalue weighted by molar-refractivity contribution is 6.02. The zero-order chi connectivity index (χ0) is 15.4. The number of ketones is 1. The minimum atomic E-state index is 0.0142. The molecule has 2 rings (SSSR count). The molecule has 21 heavy (non-hydrogen) atoms. The van der Waals surface area contributed by atoms with Gasteiger partial charge in [-0.1, -0.05) is 26.0 Å². The van der Waals surface area contributed by atoms with E-state index in [4.69, 9.17) is 0 Å². The second kappa shape index (κ2) is 6.74. The number of para-hydroxylation sites is 1. The predicted molar refractivity (Wildman–Crippen MR) is 84.7 cm³/mol. The first kappa shape index (κ1) is 15.5. The molecule has 0 spiro atoms. The lowest BCUT2D eigenvalue weighted by Crippen LogP contribution is -2.43. The van der Waals surface area contributed by atoms with E-state index < -0.39 is 0 Å². The van der Waals surface area contributed by atoms with Crippen LogP contribution in [0.15, 0.2) is 24.3 Å². The van der Waals surface area contributed by atoms with E-state index in [9.17, 15) is 9.59 Å². The molecule has 1 aliphatic rings. The molecule has 1 aliphatic heterocycles. The van der Waals surface area contributed by atoms with Gasteiger partial charge in [0.05, 0.1) is 6.54 Å². The number of hydrogen-bond acceptors (Lipinski definition) is 3. The summed E-state index contributed by atoms with van der Waals surface area (Å²) in [5, 5.41) is 3.02. The lowest BCUT2D eigenvalue weighted by molar-refractivity contribution is -0.120. The van der Waals surface area contributed by atoms with Crippen molar-refractivity contribution in [2.75, 3.05) is 18.0 Å². The number of fused-ring (bicyclic) bond motifs is 1. The van der Waals surface area contributed by atoms with Crippen molar-refractivity contribution in [3.8, 4) is 0 Å². The van der Waals surface area contributed by atoms with Gasteiger partial charge in [-0.15, -0.1) is 0 Å². The SMILES string of the molecule is CC(C)C(C)NC(=O)CN1CCCC(=O)c2ccccc21. The summed E-state index contributed by atoms with van der Waals surface area (Å²) in [4.78, 5) is 26.3. The maximum Gasteiger partial charge on any atom is 0.239 e. The van der Waals surface area contributed by atoms with Gasteiger partial charge in [0.15, 0.2) is 5.78 Å². The fraction of sp³-hybridized carbons (Fsp3) is 0.529. The fourth-order valence-corrected chi connectivity index (χ4v) is 2.47. The summed E-state index contributed by atoms with van der Waals surface area (Å²) in [5.41, 5.74) is 1.62. The Hall–Kier alpha value is -1.84. The summed E-state index contributed by atoms with van der Waals surface area (Å²) in [5.74, 6) is 0.594. The van der Waals surface area contributed by atoms with Gasteiger partial charge in [-0.2, -0.15) is 0 Å². The van der Waals surface area contributed by atoms with Crippen molar-refractivity contribution in [2.45, 2.75) is 39.7 Å². The maximum atomic E-state index is 12.2. The molecule has 0 aliphatic carbocycles. The molecule has 0 saturated carbocycles. The zero-order valence-corrected chi connectivity index (χ0v) is 13.1. The quantitative estimate of drug-likeness (QED) is 0.926. The van der Waals surface area contributed by atoms with Crippen LogP contribution < -0.4 is 10.2 Å². The Balaban J connectivity index is 2.11. The smallest absolute Gasteiger partial charge is 0.239 e. The molecule has 4 nitrogen and oxygen atoms in total. The first-order chi connectivity index (χ1) is 9.99. The van der Waals surface area contributed by atoms with Crippen molar-refractivity contribution in [3.63, 3.8) is 0 Å². The van der Waals surface area contributed by atoms with E-state index in [0.717, 1.165) is 24.2 Å². The monoisotopic (exact) mass is 288 g/mol. The Morgan fingerprint density at radius 2 is 2.00 bits per heavy atom. The Labute approximate surface area is 126 Å². The van der Waals surface area contributed by atoms with Gasteiger partial charge in [-0.3, -0.25) is 9.59 Å². The van der Waals surface area contributed by atoms with Crippen molar-refractivity contribution < 1.29 is 9.59 Å². The number of hydrogen-bond donors (Lipinski definition) is 1. The van der Waals surface area contributed by atoms with Crippen LogP contribution in [0, 0.1) is 5.92 Å². The second-order valence-corrected chi connectivity index (χ2v) is 6.07. The third kappa shape index (κ3) is 3.84. The number of rotatable bonds is 4. The standard InChI is InChI=1S/C17H24N2O2/c1-12(2)13(3)18-17(21)11-19-10-6-9-16(20)14-7-4-5-8-15(14)19/h4-5,7-8,12-13H,6,9-11H2,1-3H3,(H,18,21). The lowest BCUT2D eigenvalue weighted by atomic mass is 10.1. The molecule has 0 saturated heterocycles. The van der Waals surface area contributed by atoms with Crippen LogP contribution >= 0.6 is 0 Å². The Morgan fingerprint density at radius 1 is 1.29 bits per heavy atom. The van der Waals surface area contributed by atoms with E-state index in [1.807, 2.05) is 36.1 Å². The number of carbonyl (C=O) groups excluding carboxylic acids is 2. The molecule has 1 heterocycles. The lowest BCUT2D eigenvalue weighted by Gasteiger charge is -2.25. The maximum absolute atomic E-state index is 12.2. The van der Waals surface area contributed by atoms with Crippen molar-refractivity contribution in [2.24, 2.45) is 5.92 Å². The van der Waals surface area contributed by atoms with Crippen LogP contribution in [0.4, 0.5) is 5.69 Å². The molecular formula is C17H24N2O2. The van der Waals surface area contributed by atoms with Gasteiger partial charge in [-0.05, 0) is 31.4 Å². The van der Waals surface area contributed by atoms with Crippen LogP contribution in [0.1, 0.15) is 44.0 Å². The molecule has 1 N–H and O–H groups in total. The van der Waals surface area contributed by atoms with E-state index in [0.29, 0.717) is 18.9 Å². The minimum absolute atomic E-state index is 0.0142. The third-order valence-electron chi connectivity index (χ3n) is 4.10. The third-order valence-corrected chi connectivity index (χ3v) is 4.10. The normalized spacial score (nSPS) is 16.4. The predicted octanol–water partition coefficient (Wildman–Crippen LogP) is 2.63. The van der Waals surface area contributed by atoms with Gasteiger partial charge in [0.2, 0.25) is 5.91 Å². The first-order valence-electron chi connectivity index (χ1n) is 7.65. The van der Waals surface area contributed by atoms with Gasteiger partial charge in [0, 0.05) is 30.3 Å². The average Bonchev–Trinajstić information content (AvgIpc) is 2.59. The van der Waals surface area contributed by atoms with Gasteiger partial charge in [0.25, 0.3) is 0 Å². The van der Waals surface area contributed by atoms with Crippen molar-refractivity contribution in [1.29, 1.82) is 0 Å². The van der Waals surface area contributed by atoms with Crippen LogP contribution in [0.3, 0.4) is 0 Å². The van der Waals surface area contributed by atoms with E-state index in [-0.39, 0.29) is 17.7 Å². The highest BCUT2D eigenvalue weighted by Gasteiger charge is 2.22. The van der Waals surface area contributed by atoms with E-state index in [1.54, 1.807) is 0 Å². The zero-order valence-electron chi connectivity index (χ0n) is 13.1. The van der Waals surface area contributed by atoms with Crippen molar-refractivity contribution in [3.05, 3.63) is 29.8 Å². The van der Waals surface area contributed by atoms with E-state index >= 15 is 0 Å². The molecular weight excluding hydrogens is 264 g/mol. The topological polar surface area (TPSA) is 49.4 Å². The summed E-state index contributed by atoms with van der Waals surface area (Å²) in [6, 6.07) is 7.73. The molecule has 0 bridgehead atoms. The Morgan fingerprint density at radius 3 is 2.71 bits per heavy atom. The number of carbonyl (C=O) groups is 2. The molecule has 0 aromatic heterocycles. The molecule has 0 radical (unpaired) electrons. The Bertz CT molecular complexity index is 525. The van der Waals surface area contributed by atoms with Gasteiger partial charge in [0.1, 0.15) is 0 Å². The molecule has 114 valence electrons. The summed E-state index contributed by atoms with van der Waals surface area (Å²) >= 11 is 0. The van der Waals surface area contributed by atoms with E-state index in [2.05, 4.69) is 19.2 Å². The van der Waals surface area contributed by atoms with Crippen LogP contribution in [0.25, 0.3) is 0 Å². The van der Waals surface area contributed by atoms with Crippen LogP contribution in [-0.2, 0) is 4.79 Å². The van der Waals surface area contributed by atoms with Crippen molar-refractivity contribution in [1.82, 2.24) is 5.32 Å². The van der Waals surface area contributed by atoms with Crippen LogP contribution in [0.2, 0.25) is 0 Å². The summed E-state index contributed by atoms with van der Waals surface area (Å²) in [6.07, 6.45) is 1.35.